The van der Waals surface area contributed by atoms with Crippen molar-refractivity contribution in [3.63, 3.8) is 0 Å². The van der Waals surface area contributed by atoms with Crippen LogP contribution >= 0.6 is 0 Å². The highest BCUT2D eigenvalue weighted by Gasteiger charge is 2.41. The summed E-state index contributed by atoms with van der Waals surface area (Å²) in [5, 5.41) is 3.30. The summed E-state index contributed by atoms with van der Waals surface area (Å²) in [5.41, 5.74) is 4.56. The fourth-order valence-electron chi connectivity index (χ4n) is 5.75. The van der Waals surface area contributed by atoms with Crippen molar-refractivity contribution >= 4 is 46.5 Å². The number of rotatable bonds is 7. The molecule has 0 bridgehead atoms. The van der Waals surface area contributed by atoms with E-state index in [0.717, 1.165) is 43.0 Å². The van der Waals surface area contributed by atoms with Gasteiger partial charge in [0.25, 0.3) is 0 Å². The van der Waals surface area contributed by atoms with Gasteiger partial charge in [-0.15, -0.1) is 0 Å². The summed E-state index contributed by atoms with van der Waals surface area (Å²) in [6.45, 7) is 9.38. The lowest BCUT2D eigenvalue weighted by Gasteiger charge is -2.41. The van der Waals surface area contributed by atoms with E-state index < -0.39 is 6.04 Å². The Morgan fingerprint density at radius 1 is 0.977 bits per heavy atom. The van der Waals surface area contributed by atoms with Crippen molar-refractivity contribution in [1.29, 1.82) is 0 Å². The minimum Gasteiger partial charge on any atom is -0.495 e. The standard InChI is InChI=1S/C33H36N8O3/c1-21-7-6-8-27(23(3)42)30(21)40-22(2)28-20-35-32(36-24-9-11-25(12-10-24)39-17-15-38(4)16-18-39)37-31(28)41(33(40)43)29-14-13-26(44-5)19-34-29/h6-14,19-20,22H,15-18H2,1-5H3,(H,35,36,37). The van der Waals surface area contributed by atoms with Crippen LogP contribution in [0, 0.1) is 6.92 Å². The number of Topliss-reactive ketones (excluding diaryl/α,β-unsaturated/α-hetero) is 1. The van der Waals surface area contributed by atoms with Crippen LogP contribution in [0.5, 0.6) is 5.75 Å². The van der Waals surface area contributed by atoms with Crippen LogP contribution in [0.15, 0.2) is 67.0 Å². The Bertz CT molecular complexity index is 1680. The molecule has 2 aliphatic heterocycles. The number of methoxy groups -OCH3 is 1. The van der Waals surface area contributed by atoms with E-state index in [-0.39, 0.29) is 11.8 Å². The Labute approximate surface area is 257 Å². The molecule has 1 atom stereocenters. The fourth-order valence-corrected chi connectivity index (χ4v) is 5.75. The van der Waals surface area contributed by atoms with Gasteiger partial charge in [-0.3, -0.25) is 9.69 Å². The molecule has 226 valence electrons. The van der Waals surface area contributed by atoms with Crippen molar-refractivity contribution < 1.29 is 14.3 Å². The predicted molar refractivity (Wildman–Crippen MR) is 172 cm³/mol. The van der Waals surface area contributed by atoms with Crippen LogP contribution in [0.4, 0.5) is 39.4 Å². The Morgan fingerprint density at radius 2 is 1.73 bits per heavy atom. The molecule has 44 heavy (non-hydrogen) atoms. The third kappa shape index (κ3) is 5.42. The molecular weight excluding hydrogens is 556 g/mol. The number of pyridine rings is 1. The number of carbonyl (C=O) groups excluding carboxylic acids is 2. The van der Waals surface area contributed by atoms with Crippen LogP contribution in [0.1, 0.15) is 41.4 Å². The number of ether oxygens (including phenoxy) is 1. The molecule has 6 rings (SSSR count). The molecule has 0 spiro atoms. The number of fused-ring (bicyclic) bond motifs is 1. The number of hydrogen-bond donors (Lipinski definition) is 1. The Morgan fingerprint density at radius 3 is 2.39 bits per heavy atom. The van der Waals surface area contributed by atoms with Crippen LogP contribution in [-0.4, -0.2) is 72.0 Å². The van der Waals surface area contributed by atoms with Crippen molar-refractivity contribution in [2.75, 3.05) is 60.4 Å². The number of benzene rings is 2. The summed E-state index contributed by atoms with van der Waals surface area (Å²) in [4.78, 5) is 48.9. The number of likely N-dealkylation sites (N-methyl/N-ethyl adjacent to an activating group) is 1. The number of aromatic nitrogens is 3. The highest BCUT2D eigenvalue weighted by atomic mass is 16.5. The highest BCUT2D eigenvalue weighted by molar-refractivity contribution is 6.14. The van der Waals surface area contributed by atoms with Gasteiger partial charge in [0.1, 0.15) is 11.6 Å². The molecule has 0 aliphatic carbocycles. The molecule has 2 aromatic heterocycles. The number of urea groups is 1. The van der Waals surface area contributed by atoms with E-state index in [4.69, 9.17) is 9.72 Å². The lowest BCUT2D eigenvalue weighted by Crippen LogP contribution is -2.48. The molecule has 0 radical (unpaired) electrons. The number of nitrogens with one attached hydrogen (secondary N) is 1. The molecule has 4 heterocycles. The van der Waals surface area contributed by atoms with Crippen LogP contribution in [-0.2, 0) is 0 Å². The first-order chi connectivity index (χ1) is 21.2. The second kappa shape index (κ2) is 11.9. The maximum atomic E-state index is 14.4. The zero-order chi connectivity index (χ0) is 31.0. The van der Waals surface area contributed by atoms with Gasteiger partial charge in [-0.2, -0.15) is 4.98 Å². The van der Waals surface area contributed by atoms with Crippen molar-refractivity contribution in [3.05, 3.63) is 83.7 Å². The second-order valence-corrected chi connectivity index (χ2v) is 11.2. The predicted octanol–water partition coefficient (Wildman–Crippen LogP) is 5.73. The summed E-state index contributed by atoms with van der Waals surface area (Å²) >= 11 is 0. The SMILES string of the molecule is COc1ccc(N2C(=O)N(c3c(C)cccc3C(C)=O)C(C)c3cnc(Nc4ccc(N5CCN(C)CC5)cc4)nc32)nc1. The van der Waals surface area contributed by atoms with Crippen molar-refractivity contribution in [1.82, 2.24) is 19.9 Å². The first-order valence-corrected chi connectivity index (χ1v) is 14.7. The molecule has 1 saturated heterocycles. The molecule has 1 unspecified atom stereocenters. The molecule has 0 saturated carbocycles. The van der Waals surface area contributed by atoms with Gasteiger partial charge in [0.05, 0.1) is 25.0 Å². The largest absolute Gasteiger partial charge is 0.495 e. The average molecular weight is 593 g/mol. The summed E-state index contributed by atoms with van der Waals surface area (Å²) in [6.07, 6.45) is 3.29. The van der Waals surface area contributed by atoms with E-state index in [2.05, 4.69) is 44.3 Å². The highest BCUT2D eigenvalue weighted by Crippen LogP contribution is 2.43. The molecule has 4 aromatic rings. The van der Waals surface area contributed by atoms with Gasteiger partial charge in [-0.05, 0) is 75.8 Å². The zero-order valence-electron chi connectivity index (χ0n) is 25.6. The van der Waals surface area contributed by atoms with E-state index in [9.17, 15) is 9.59 Å². The molecule has 2 amide bonds. The van der Waals surface area contributed by atoms with Crippen molar-refractivity contribution in [2.24, 2.45) is 0 Å². The molecule has 1 N–H and O–H groups in total. The van der Waals surface area contributed by atoms with Crippen LogP contribution < -0.4 is 24.8 Å². The van der Waals surface area contributed by atoms with E-state index in [1.54, 1.807) is 42.6 Å². The quantitative estimate of drug-likeness (QED) is 0.269. The minimum absolute atomic E-state index is 0.127. The third-order valence-electron chi connectivity index (χ3n) is 8.28. The van der Waals surface area contributed by atoms with Gasteiger partial charge < -0.3 is 19.9 Å². The number of hydrogen-bond acceptors (Lipinski definition) is 9. The molecule has 2 aliphatic rings. The number of anilines is 6. The maximum absolute atomic E-state index is 14.4. The monoisotopic (exact) mass is 592 g/mol. The van der Waals surface area contributed by atoms with Gasteiger partial charge in [0.2, 0.25) is 5.95 Å². The minimum atomic E-state index is -0.455. The van der Waals surface area contributed by atoms with E-state index in [1.165, 1.54) is 17.5 Å². The molecule has 1 fully saturated rings. The molecule has 2 aromatic carbocycles. The average Bonchev–Trinajstić information content (AvgIpc) is 3.03. The van der Waals surface area contributed by atoms with Crippen LogP contribution in [0.2, 0.25) is 0 Å². The number of amides is 2. The number of carbonyl (C=O) groups is 2. The number of nitrogens with zero attached hydrogens (tertiary/aromatic N) is 7. The number of para-hydroxylation sites is 1. The zero-order valence-corrected chi connectivity index (χ0v) is 25.6. The third-order valence-corrected chi connectivity index (χ3v) is 8.28. The van der Waals surface area contributed by atoms with Gasteiger partial charge in [0.15, 0.2) is 11.6 Å². The first kappa shape index (κ1) is 29.1. The number of piperazine rings is 1. The topological polar surface area (TPSA) is 107 Å². The van der Waals surface area contributed by atoms with Gasteiger partial charge >= 0.3 is 6.03 Å². The van der Waals surface area contributed by atoms with Crippen molar-refractivity contribution in [2.45, 2.75) is 26.8 Å². The normalized spacial score (nSPS) is 17.0. The van der Waals surface area contributed by atoms with Gasteiger partial charge in [0, 0.05) is 54.9 Å². The summed E-state index contributed by atoms with van der Waals surface area (Å²) < 4.78 is 5.30. The molecule has 11 nitrogen and oxygen atoms in total. The number of ketones is 1. The lowest BCUT2D eigenvalue weighted by molar-refractivity contribution is 0.101. The maximum Gasteiger partial charge on any atom is 0.336 e. The van der Waals surface area contributed by atoms with E-state index in [1.807, 2.05) is 38.1 Å². The van der Waals surface area contributed by atoms with E-state index in [0.29, 0.717) is 34.6 Å². The van der Waals surface area contributed by atoms with Crippen molar-refractivity contribution in [3.8, 4) is 5.75 Å². The smallest absolute Gasteiger partial charge is 0.336 e. The van der Waals surface area contributed by atoms with Gasteiger partial charge in [-0.1, -0.05) is 12.1 Å². The number of aryl methyl sites for hydroxylation is 1. The van der Waals surface area contributed by atoms with Crippen LogP contribution in [0.25, 0.3) is 0 Å². The Balaban J connectivity index is 1.38. The molecule has 11 heteroatoms. The Hall–Kier alpha value is -5.03. The summed E-state index contributed by atoms with van der Waals surface area (Å²) in [6, 6.07) is 16.3. The second-order valence-electron chi connectivity index (χ2n) is 11.2. The Kier molecular flexibility index (Phi) is 7.88. The summed E-state index contributed by atoms with van der Waals surface area (Å²) in [7, 11) is 3.71. The lowest BCUT2D eigenvalue weighted by atomic mass is 9.99. The first-order valence-electron chi connectivity index (χ1n) is 14.7. The fraction of sp³-hybridized carbons (Fsp3) is 0.303. The van der Waals surface area contributed by atoms with Gasteiger partial charge in [-0.25, -0.2) is 19.7 Å². The molecular formula is C33H36N8O3. The van der Waals surface area contributed by atoms with Crippen LogP contribution in [0.3, 0.4) is 0 Å². The van der Waals surface area contributed by atoms with E-state index >= 15 is 0 Å². The summed E-state index contributed by atoms with van der Waals surface area (Å²) in [5.74, 6) is 1.57.